The quantitative estimate of drug-likeness (QED) is 0.854. The molecular formula is C13H19N3O. The number of rotatable bonds is 2. The van der Waals surface area contributed by atoms with Crippen molar-refractivity contribution in [3.05, 3.63) is 17.5 Å². The minimum atomic E-state index is 0.0784. The average molecular weight is 233 g/mol. The molecule has 92 valence electrons. The molecule has 0 unspecified atom stereocenters. The Morgan fingerprint density at radius 2 is 1.76 bits per heavy atom. The third-order valence-corrected chi connectivity index (χ3v) is 3.19. The van der Waals surface area contributed by atoms with Gasteiger partial charge in [-0.05, 0) is 32.8 Å². The van der Waals surface area contributed by atoms with Crippen molar-refractivity contribution in [2.45, 2.75) is 46.0 Å². The Hall–Kier alpha value is -1.45. The monoisotopic (exact) mass is 233 g/mol. The molecule has 0 aromatic carbocycles. The molecule has 0 spiro atoms. The van der Waals surface area contributed by atoms with E-state index in [1.165, 1.54) is 6.42 Å². The van der Waals surface area contributed by atoms with Gasteiger partial charge in [-0.3, -0.25) is 10.1 Å². The molecule has 4 heteroatoms. The lowest BCUT2D eigenvalue weighted by Crippen LogP contribution is -2.25. The molecule has 0 saturated heterocycles. The van der Waals surface area contributed by atoms with Gasteiger partial charge in [-0.15, -0.1) is 0 Å². The Balaban J connectivity index is 2.01. The maximum atomic E-state index is 12.0. The molecular weight excluding hydrogens is 214 g/mol. The van der Waals surface area contributed by atoms with Crippen LogP contribution >= 0.6 is 0 Å². The molecule has 1 N–H and O–H groups in total. The summed E-state index contributed by atoms with van der Waals surface area (Å²) in [5, 5.41) is 2.83. The van der Waals surface area contributed by atoms with Crippen molar-refractivity contribution in [3.8, 4) is 0 Å². The van der Waals surface area contributed by atoms with E-state index in [0.717, 1.165) is 37.1 Å². The highest BCUT2D eigenvalue weighted by atomic mass is 16.2. The fraction of sp³-hybridized carbons (Fsp3) is 0.615. The van der Waals surface area contributed by atoms with Crippen molar-refractivity contribution in [1.29, 1.82) is 0 Å². The normalized spacial score (nSPS) is 16.8. The second-order valence-electron chi connectivity index (χ2n) is 4.80. The van der Waals surface area contributed by atoms with Crippen molar-refractivity contribution >= 4 is 11.9 Å². The first-order chi connectivity index (χ1) is 8.15. The summed E-state index contributed by atoms with van der Waals surface area (Å²) in [5.74, 6) is 0.668. The summed E-state index contributed by atoms with van der Waals surface area (Å²) in [5.41, 5.74) is 1.77. The minimum absolute atomic E-state index is 0.0784. The van der Waals surface area contributed by atoms with Crippen LogP contribution in [-0.4, -0.2) is 15.9 Å². The summed E-state index contributed by atoms with van der Waals surface area (Å²) < 4.78 is 0. The summed E-state index contributed by atoms with van der Waals surface area (Å²) >= 11 is 0. The van der Waals surface area contributed by atoms with Gasteiger partial charge in [0.1, 0.15) is 0 Å². The van der Waals surface area contributed by atoms with Crippen LogP contribution in [0.25, 0.3) is 0 Å². The number of aryl methyl sites for hydroxylation is 2. The molecule has 1 heterocycles. The van der Waals surface area contributed by atoms with Crippen LogP contribution in [0, 0.1) is 19.8 Å². The number of nitrogens with zero attached hydrogens (tertiary/aromatic N) is 2. The van der Waals surface area contributed by atoms with Gasteiger partial charge >= 0.3 is 0 Å². The first-order valence-electron chi connectivity index (χ1n) is 6.28. The number of anilines is 1. The number of hydrogen-bond donors (Lipinski definition) is 1. The highest BCUT2D eigenvalue weighted by Gasteiger charge is 2.21. The molecule has 17 heavy (non-hydrogen) atoms. The second kappa shape index (κ2) is 5.25. The van der Waals surface area contributed by atoms with Gasteiger partial charge in [-0.25, -0.2) is 9.97 Å². The van der Waals surface area contributed by atoms with Crippen LogP contribution < -0.4 is 5.32 Å². The number of hydrogen-bond acceptors (Lipinski definition) is 3. The largest absolute Gasteiger partial charge is 0.294 e. The second-order valence-corrected chi connectivity index (χ2v) is 4.80. The van der Waals surface area contributed by atoms with Crippen molar-refractivity contribution in [2.24, 2.45) is 5.92 Å². The molecule has 1 amide bonds. The Morgan fingerprint density at radius 1 is 1.18 bits per heavy atom. The van der Waals surface area contributed by atoms with Gasteiger partial charge in [0.05, 0.1) is 0 Å². The molecule has 0 bridgehead atoms. The van der Waals surface area contributed by atoms with E-state index in [2.05, 4.69) is 15.3 Å². The molecule has 1 aromatic rings. The lowest BCUT2D eigenvalue weighted by molar-refractivity contribution is -0.120. The van der Waals surface area contributed by atoms with Gasteiger partial charge in [0.15, 0.2) is 0 Å². The lowest BCUT2D eigenvalue weighted by Gasteiger charge is -2.20. The van der Waals surface area contributed by atoms with Crippen LogP contribution in [0.4, 0.5) is 5.95 Å². The minimum Gasteiger partial charge on any atom is -0.294 e. The number of carbonyl (C=O) groups is 1. The van der Waals surface area contributed by atoms with Gasteiger partial charge in [0, 0.05) is 17.3 Å². The van der Waals surface area contributed by atoms with Gasteiger partial charge in [0.25, 0.3) is 0 Å². The smallest absolute Gasteiger partial charge is 0.229 e. The Kier molecular flexibility index (Phi) is 3.71. The van der Waals surface area contributed by atoms with Gasteiger partial charge in [-0.1, -0.05) is 19.3 Å². The van der Waals surface area contributed by atoms with Crippen LogP contribution in [0.5, 0.6) is 0 Å². The van der Waals surface area contributed by atoms with Crippen LogP contribution in [-0.2, 0) is 4.79 Å². The highest BCUT2D eigenvalue weighted by molar-refractivity contribution is 5.90. The Bertz CT molecular complexity index is 391. The van der Waals surface area contributed by atoms with Crippen LogP contribution in [0.3, 0.4) is 0 Å². The topological polar surface area (TPSA) is 54.9 Å². The van der Waals surface area contributed by atoms with Crippen molar-refractivity contribution in [2.75, 3.05) is 5.32 Å². The zero-order valence-electron chi connectivity index (χ0n) is 10.5. The first-order valence-corrected chi connectivity index (χ1v) is 6.28. The standard InChI is InChI=1S/C13H19N3O/c1-9-8-10(2)15-13(14-9)16-12(17)11-6-4-3-5-7-11/h8,11H,3-7H2,1-2H3,(H,14,15,16,17). The summed E-state index contributed by atoms with van der Waals surface area (Å²) in [6.07, 6.45) is 5.56. The SMILES string of the molecule is Cc1cc(C)nc(NC(=O)C2CCCCC2)n1. The molecule has 2 rings (SSSR count). The number of amides is 1. The van der Waals surface area contributed by atoms with Crippen LogP contribution in [0.1, 0.15) is 43.5 Å². The molecule has 0 radical (unpaired) electrons. The van der Waals surface area contributed by atoms with Gasteiger partial charge in [0.2, 0.25) is 11.9 Å². The number of carbonyl (C=O) groups excluding carboxylic acids is 1. The average Bonchev–Trinajstić information content (AvgIpc) is 2.28. The maximum absolute atomic E-state index is 12.0. The maximum Gasteiger partial charge on any atom is 0.229 e. The van der Waals surface area contributed by atoms with E-state index in [4.69, 9.17) is 0 Å². The van der Waals surface area contributed by atoms with Crippen molar-refractivity contribution in [1.82, 2.24) is 9.97 Å². The fourth-order valence-electron chi connectivity index (χ4n) is 2.36. The Morgan fingerprint density at radius 3 is 2.35 bits per heavy atom. The zero-order chi connectivity index (χ0) is 12.3. The van der Waals surface area contributed by atoms with Crippen LogP contribution in [0.2, 0.25) is 0 Å². The third-order valence-electron chi connectivity index (χ3n) is 3.19. The van der Waals surface area contributed by atoms with E-state index in [1.54, 1.807) is 0 Å². The van der Waals surface area contributed by atoms with E-state index in [-0.39, 0.29) is 11.8 Å². The van der Waals surface area contributed by atoms with Gasteiger partial charge < -0.3 is 0 Å². The highest BCUT2D eigenvalue weighted by Crippen LogP contribution is 2.24. The lowest BCUT2D eigenvalue weighted by atomic mass is 9.89. The van der Waals surface area contributed by atoms with E-state index in [1.807, 2.05) is 19.9 Å². The predicted molar refractivity (Wildman–Crippen MR) is 66.7 cm³/mol. The van der Waals surface area contributed by atoms with E-state index >= 15 is 0 Å². The van der Waals surface area contributed by atoms with E-state index < -0.39 is 0 Å². The molecule has 1 aliphatic carbocycles. The first kappa shape index (κ1) is 12.0. The van der Waals surface area contributed by atoms with E-state index in [0.29, 0.717) is 5.95 Å². The molecule has 0 aliphatic heterocycles. The fourth-order valence-corrected chi connectivity index (χ4v) is 2.36. The summed E-state index contributed by atoms with van der Waals surface area (Å²) in [4.78, 5) is 20.5. The predicted octanol–water partition coefficient (Wildman–Crippen LogP) is 2.61. The van der Waals surface area contributed by atoms with Crippen molar-refractivity contribution in [3.63, 3.8) is 0 Å². The molecule has 4 nitrogen and oxygen atoms in total. The van der Waals surface area contributed by atoms with Gasteiger partial charge in [-0.2, -0.15) is 0 Å². The summed E-state index contributed by atoms with van der Waals surface area (Å²) in [7, 11) is 0. The zero-order valence-corrected chi connectivity index (χ0v) is 10.5. The Labute approximate surface area is 102 Å². The molecule has 1 fully saturated rings. The summed E-state index contributed by atoms with van der Waals surface area (Å²) in [6.45, 7) is 3.82. The molecule has 1 aliphatic rings. The molecule has 1 saturated carbocycles. The molecule has 1 aromatic heterocycles. The van der Waals surface area contributed by atoms with E-state index in [9.17, 15) is 4.79 Å². The van der Waals surface area contributed by atoms with Crippen LogP contribution in [0.15, 0.2) is 6.07 Å². The number of nitrogens with one attached hydrogen (secondary N) is 1. The summed E-state index contributed by atoms with van der Waals surface area (Å²) in [6, 6.07) is 1.90. The van der Waals surface area contributed by atoms with Crippen molar-refractivity contribution < 1.29 is 4.79 Å². The third kappa shape index (κ3) is 3.25. The number of aromatic nitrogens is 2. The molecule has 0 atom stereocenters.